The number of hydrogen-bond donors (Lipinski definition) is 2. The number of nitrogens with zero attached hydrogens (tertiary/aromatic N) is 2. The highest BCUT2D eigenvalue weighted by Crippen LogP contribution is 2.51. The molecule has 1 aromatic heterocycles. The zero-order valence-electron chi connectivity index (χ0n) is 15.3. The minimum Gasteiger partial charge on any atom is -0.480 e. The molecule has 7 heteroatoms. The monoisotopic (exact) mass is 359 g/mol. The summed E-state index contributed by atoms with van der Waals surface area (Å²) in [6.07, 6.45) is 3.17. The van der Waals surface area contributed by atoms with E-state index in [-0.39, 0.29) is 17.7 Å². The van der Waals surface area contributed by atoms with Gasteiger partial charge in [-0.1, -0.05) is 33.3 Å². The minimum atomic E-state index is -1.49. The topological polar surface area (TPSA) is 99.6 Å². The summed E-state index contributed by atoms with van der Waals surface area (Å²) in [6, 6.07) is 4.73. The zero-order chi connectivity index (χ0) is 19.1. The van der Waals surface area contributed by atoms with Crippen molar-refractivity contribution in [2.45, 2.75) is 45.2 Å². The van der Waals surface area contributed by atoms with Gasteiger partial charge in [0.05, 0.1) is 23.6 Å². The number of unbranched alkanes of at least 4 members (excludes halogenated alkanes) is 1. The van der Waals surface area contributed by atoms with Gasteiger partial charge in [-0.2, -0.15) is 0 Å². The third-order valence-corrected chi connectivity index (χ3v) is 5.69. The summed E-state index contributed by atoms with van der Waals surface area (Å²) in [5.41, 5.74) is -0.898. The molecule has 140 valence electrons. The van der Waals surface area contributed by atoms with Crippen molar-refractivity contribution in [3.63, 3.8) is 0 Å². The molecule has 26 heavy (non-hydrogen) atoms. The minimum absolute atomic E-state index is 0.291. The molecule has 2 amide bonds. The van der Waals surface area contributed by atoms with Crippen molar-refractivity contribution in [1.29, 1.82) is 0 Å². The first-order valence-electron chi connectivity index (χ1n) is 9.13. The number of carbonyl (C=O) groups is 3. The Bertz CT molecular complexity index is 721. The van der Waals surface area contributed by atoms with Gasteiger partial charge in [-0.3, -0.25) is 29.6 Å². The fourth-order valence-corrected chi connectivity index (χ4v) is 4.32. The van der Waals surface area contributed by atoms with E-state index >= 15 is 0 Å². The van der Waals surface area contributed by atoms with Crippen LogP contribution in [-0.2, 0) is 14.4 Å². The number of hydrogen-bond acceptors (Lipinski definition) is 5. The van der Waals surface area contributed by atoms with Crippen LogP contribution in [0, 0.1) is 17.8 Å². The van der Waals surface area contributed by atoms with Crippen molar-refractivity contribution in [3.05, 3.63) is 30.1 Å². The Hall–Kier alpha value is -2.28. The molecule has 2 saturated heterocycles. The fourth-order valence-electron chi connectivity index (χ4n) is 4.32. The van der Waals surface area contributed by atoms with Gasteiger partial charge in [-0.25, -0.2) is 0 Å². The molecule has 0 spiro atoms. The van der Waals surface area contributed by atoms with Crippen LogP contribution in [0.4, 0.5) is 0 Å². The molecular formula is C19H25N3O4. The van der Waals surface area contributed by atoms with Crippen LogP contribution in [-0.4, -0.2) is 44.9 Å². The number of nitrogens with one attached hydrogen (secondary N) is 1. The molecule has 2 N–H and O–H groups in total. The van der Waals surface area contributed by atoms with E-state index in [0.29, 0.717) is 18.7 Å². The van der Waals surface area contributed by atoms with Crippen molar-refractivity contribution >= 4 is 17.8 Å². The number of likely N-dealkylation sites (tertiary alicyclic amines) is 1. The number of carbonyl (C=O) groups excluding carboxylic acids is 2. The van der Waals surface area contributed by atoms with Gasteiger partial charge in [-0.05, 0) is 24.5 Å². The van der Waals surface area contributed by atoms with Crippen LogP contribution < -0.4 is 5.32 Å². The molecule has 2 aliphatic heterocycles. The van der Waals surface area contributed by atoms with Gasteiger partial charge in [0.25, 0.3) is 0 Å². The smallest absolute Gasteiger partial charge is 0.325 e. The number of amides is 2. The molecule has 0 bridgehead atoms. The number of aliphatic carboxylic acids is 1. The molecule has 2 aliphatic rings. The number of fused-ring (bicyclic) bond motifs is 1. The quantitative estimate of drug-likeness (QED) is 0.749. The zero-order valence-corrected chi connectivity index (χ0v) is 15.3. The van der Waals surface area contributed by atoms with E-state index in [9.17, 15) is 19.5 Å². The van der Waals surface area contributed by atoms with Crippen LogP contribution in [0.1, 0.15) is 45.3 Å². The number of imide groups is 1. The summed E-state index contributed by atoms with van der Waals surface area (Å²) in [6.45, 7) is 5.86. The maximum atomic E-state index is 13.1. The molecule has 1 aromatic rings. The second-order valence-electron chi connectivity index (χ2n) is 7.39. The maximum Gasteiger partial charge on any atom is 0.325 e. The highest BCUT2D eigenvalue weighted by atomic mass is 16.4. The van der Waals surface area contributed by atoms with Gasteiger partial charge in [0.15, 0.2) is 0 Å². The normalized spacial score (nSPS) is 30.9. The number of pyridine rings is 1. The Morgan fingerprint density at radius 1 is 1.35 bits per heavy atom. The second-order valence-corrected chi connectivity index (χ2v) is 7.39. The van der Waals surface area contributed by atoms with Crippen LogP contribution in [0.15, 0.2) is 24.4 Å². The number of carboxylic acid groups (broad SMARTS) is 1. The summed E-state index contributed by atoms with van der Waals surface area (Å²) >= 11 is 0. The van der Waals surface area contributed by atoms with E-state index in [0.717, 1.165) is 6.42 Å². The molecule has 7 nitrogen and oxygen atoms in total. The van der Waals surface area contributed by atoms with E-state index in [1.807, 2.05) is 6.92 Å². The Labute approximate surface area is 152 Å². The van der Waals surface area contributed by atoms with Crippen LogP contribution in [0.5, 0.6) is 0 Å². The van der Waals surface area contributed by atoms with Gasteiger partial charge >= 0.3 is 5.97 Å². The van der Waals surface area contributed by atoms with Gasteiger partial charge in [0.1, 0.15) is 5.54 Å². The van der Waals surface area contributed by atoms with E-state index in [1.165, 1.54) is 4.90 Å². The average Bonchev–Trinajstić information content (AvgIpc) is 3.10. The summed E-state index contributed by atoms with van der Waals surface area (Å²) in [5.74, 6) is -3.80. The van der Waals surface area contributed by atoms with E-state index in [1.54, 1.807) is 38.2 Å². The standard InChI is InChI=1S/C19H25N3O4/c1-4-5-10-22-16(23)13-14(17(22)24)19(11(2)3,18(25)26)21-15(13)12-8-6-7-9-20-12/h6-9,11,13-15,21H,4-5,10H2,1-3H3,(H,25,26). The average molecular weight is 359 g/mol. The highest BCUT2D eigenvalue weighted by molar-refractivity contribution is 6.09. The molecule has 3 heterocycles. The largest absolute Gasteiger partial charge is 0.480 e. The van der Waals surface area contributed by atoms with E-state index in [2.05, 4.69) is 10.3 Å². The Balaban J connectivity index is 2.10. The van der Waals surface area contributed by atoms with Crippen molar-refractivity contribution in [2.75, 3.05) is 6.54 Å². The van der Waals surface area contributed by atoms with Crippen LogP contribution in [0.3, 0.4) is 0 Å². The predicted octanol–water partition coefficient (Wildman–Crippen LogP) is 1.61. The Kier molecular flexibility index (Phi) is 4.84. The molecule has 0 aliphatic carbocycles. The summed E-state index contributed by atoms with van der Waals surface area (Å²) in [7, 11) is 0. The Morgan fingerprint density at radius 2 is 2.08 bits per heavy atom. The van der Waals surface area contributed by atoms with Crippen LogP contribution in [0.25, 0.3) is 0 Å². The molecule has 3 rings (SSSR count). The molecular weight excluding hydrogens is 334 g/mol. The van der Waals surface area contributed by atoms with Gasteiger partial charge in [0, 0.05) is 12.7 Å². The molecule has 0 radical (unpaired) electrons. The first-order valence-corrected chi connectivity index (χ1v) is 9.13. The molecule has 2 fully saturated rings. The van der Waals surface area contributed by atoms with Gasteiger partial charge in [0.2, 0.25) is 11.8 Å². The van der Waals surface area contributed by atoms with Crippen molar-refractivity contribution in [1.82, 2.24) is 15.2 Å². The summed E-state index contributed by atoms with van der Waals surface area (Å²) in [5, 5.41) is 13.2. The van der Waals surface area contributed by atoms with E-state index in [4.69, 9.17) is 0 Å². The number of rotatable bonds is 6. The SMILES string of the molecule is CCCCN1C(=O)C2C(c3ccccn3)NC(C(=O)O)(C(C)C)C2C1=O. The third-order valence-electron chi connectivity index (χ3n) is 5.69. The lowest BCUT2D eigenvalue weighted by atomic mass is 9.73. The Morgan fingerprint density at radius 3 is 2.62 bits per heavy atom. The second kappa shape index (κ2) is 6.79. The van der Waals surface area contributed by atoms with Crippen LogP contribution in [0.2, 0.25) is 0 Å². The first kappa shape index (κ1) is 18.5. The van der Waals surface area contributed by atoms with Crippen molar-refractivity contribution in [2.24, 2.45) is 17.8 Å². The first-order chi connectivity index (χ1) is 12.4. The summed E-state index contributed by atoms with van der Waals surface area (Å²) in [4.78, 5) is 44.0. The van der Waals surface area contributed by atoms with Gasteiger partial charge < -0.3 is 5.11 Å². The van der Waals surface area contributed by atoms with E-state index < -0.39 is 29.4 Å². The lowest BCUT2D eigenvalue weighted by Gasteiger charge is -2.34. The predicted molar refractivity (Wildman–Crippen MR) is 93.9 cm³/mol. The number of carboxylic acids is 1. The number of aromatic nitrogens is 1. The molecule has 0 saturated carbocycles. The fraction of sp³-hybridized carbons (Fsp3) is 0.579. The van der Waals surface area contributed by atoms with Gasteiger partial charge in [-0.15, -0.1) is 0 Å². The molecule has 4 unspecified atom stereocenters. The lowest BCUT2D eigenvalue weighted by molar-refractivity contribution is -0.153. The summed E-state index contributed by atoms with van der Waals surface area (Å²) < 4.78 is 0. The van der Waals surface area contributed by atoms with Crippen LogP contribution >= 0.6 is 0 Å². The molecule has 4 atom stereocenters. The highest BCUT2D eigenvalue weighted by Gasteiger charge is 2.69. The maximum absolute atomic E-state index is 13.1. The van der Waals surface area contributed by atoms with Crippen molar-refractivity contribution in [3.8, 4) is 0 Å². The lowest BCUT2D eigenvalue weighted by Crippen LogP contribution is -2.59. The third kappa shape index (κ3) is 2.53. The molecule has 0 aromatic carbocycles. The van der Waals surface area contributed by atoms with Crippen molar-refractivity contribution < 1.29 is 19.5 Å².